The fourth-order valence-corrected chi connectivity index (χ4v) is 1.85. The van der Waals surface area contributed by atoms with Gasteiger partial charge in [0.2, 0.25) is 0 Å². The molecule has 4 nitrogen and oxygen atoms in total. The Morgan fingerprint density at radius 3 is 2.72 bits per heavy atom. The molecule has 0 saturated heterocycles. The normalized spacial score (nSPS) is 12.5. The number of nitrogens with one attached hydrogen (secondary N) is 1. The van der Waals surface area contributed by atoms with Crippen LogP contribution in [0.25, 0.3) is 0 Å². The number of aliphatic hydroxyl groups is 1. The first kappa shape index (κ1) is 14.6. The van der Waals surface area contributed by atoms with E-state index >= 15 is 0 Å². The van der Waals surface area contributed by atoms with Crippen molar-refractivity contribution in [3.8, 4) is 0 Å². The van der Waals surface area contributed by atoms with Gasteiger partial charge in [0.1, 0.15) is 0 Å². The van der Waals surface area contributed by atoms with Crippen LogP contribution in [0.1, 0.15) is 37.0 Å². The van der Waals surface area contributed by atoms with E-state index in [1.54, 1.807) is 0 Å². The number of amides is 1. The van der Waals surface area contributed by atoms with Gasteiger partial charge in [0.15, 0.2) is 5.82 Å². The number of hydrogen-bond donors (Lipinski definition) is 2. The molecule has 5 heteroatoms. The van der Waals surface area contributed by atoms with Gasteiger partial charge in [-0.3, -0.25) is 9.78 Å². The van der Waals surface area contributed by atoms with Gasteiger partial charge in [-0.1, -0.05) is 26.7 Å². The van der Waals surface area contributed by atoms with Gasteiger partial charge in [-0.25, -0.2) is 4.39 Å². The number of carbonyl (C=O) groups is 1. The third kappa shape index (κ3) is 3.77. The van der Waals surface area contributed by atoms with E-state index in [-0.39, 0.29) is 18.0 Å². The quantitative estimate of drug-likeness (QED) is 0.813. The average molecular weight is 254 g/mol. The summed E-state index contributed by atoms with van der Waals surface area (Å²) in [6.07, 6.45) is 3.43. The van der Waals surface area contributed by atoms with Crippen molar-refractivity contribution in [1.82, 2.24) is 10.3 Å². The molecule has 18 heavy (non-hydrogen) atoms. The average Bonchev–Trinajstić information content (AvgIpc) is 2.38. The lowest BCUT2D eigenvalue weighted by molar-refractivity contribution is 0.0813. The molecule has 1 aromatic rings. The number of carbonyl (C=O) groups excluding carboxylic acids is 1. The molecule has 0 bridgehead atoms. The largest absolute Gasteiger partial charge is 0.391 e. The van der Waals surface area contributed by atoms with Crippen molar-refractivity contribution in [3.05, 3.63) is 29.8 Å². The van der Waals surface area contributed by atoms with E-state index in [2.05, 4.69) is 10.3 Å². The maximum Gasteiger partial charge on any atom is 0.254 e. The highest BCUT2D eigenvalue weighted by molar-refractivity contribution is 5.94. The molecule has 0 aliphatic rings. The zero-order chi connectivity index (χ0) is 13.5. The summed E-state index contributed by atoms with van der Waals surface area (Å²) in [6, 6.07) is 1.31. The van der Waals surface area contributed by atoms with Gasteiger partial charge in [-0.05, 0) is 12.0 Å². The van der Waals surface area contributed by atoms with Crippen molar-refractivity contribution < 1.29 is 14.3 Å². The Bertz CT molecular complexity index is 394. The van der Waals surface area contributed by atoms with Crippen molar-refractivity contribution in [3.63, 3.8) is 0 Å². The first-order valence-electron chi connectivity index (χ1n) is 6.15. The summed E-state index contributed by atoms with van der Waals surface area (Å²) in [5.74, 6) is -1.04. The van der Waals surface area contributed by atoms with Crippen LogP contribution >= 0.6 is 0 Å². The zero-order valence-corrected chi connectivity index (χ0v) is 10.7. The van der Waals surface area contributed by atoms with Gasteiger partial charge < -0.3 is 10.4 Å². The molecule has 0 spiro atoms. The van der Waals surface area contributed by atoms with Crippen molar-refractivity contribution in [2.45, 2.75) is 32.8 Å². The van der Waals surface area contributed by atoms with Crippen LogP contribution in [-0.2, 0) is 0 Å². The highest BCUT2D eigenvalue weighted by Gasteiger charge is 2.17. The predicted molar refractivity (Wildman–Crippen MR) is 66.6 cm³/mol. The molecule has 0 aliphatic carbocycles. The van der Waals surface area contributed by atoms with Gasteiger partial charge in [-0.15, -0.1) is 0 Å². The minimum absolute atomic E-state index is 0.0539. The third-order valence-electron chi connectivity index (χ3n) is 3.08. The highest BCUT2D eigenvalue weighted by atomic mass is 19.1. The Balaban J connectivity index is 2.54. The second-order valence-electron chi connectivity index (χ2n) is 4.21. The van der Waals surface area contributed by atoms with Crippen LogP contribution < -0.4 is 5.32 Å². The number of hydrogen-bond acceptors (Lipinski definition) is 3. The lowest BCUT2D eigenvalue weighted by atomic mass is 9.96. The Kier molecular flexibility index (Phi) is 5.71. The fourth-order valence-electron chi connectivity index (χ4n) is 1.85. The summed E-state index contributed by atoms with van der Waals surface area (Å²) in [5.41, 5.74) is -0.0539. The van der Waals surface area contributed by atoms with Gasteiger partial charge >= 0.3 is 0 Å². The Hall–Kier alpha value is -1.49. The molecule has 100 valence electrons. The van der Waals surface area contributed by atoms with Gasteiger partial charge in [0.25, 0.3) is 5.91 Å². The number of nitrogens with zero attached hydrogens (tertiary/aromatic N) is 1. The van der Waals surface area contributed by atoms with Crippen molar-refractivity contribution in [1.29, 1.82) is 0 Å². The number of aromatic nitrogens is 1. The van der Waals surface area contributed by atoms with E-state index in [9.17, 15) is 14.3 Å². The minimum atomic E-state index is -0.660. The summed E-state index contributed by atoms with van der Waals surface area (Å²) < 4.78 is 13.3. The van der Waals surface area contributed by atoms with Crippen LogP contribution in [0.4, 0.5) is 4.39 Å². The van der Waals surface area contributed by atoms with Crippen LogP contribution in [0.3, 0.4) is 0 Å². The van der Waals surface area contributed by atoms with Crippen LogP contribution in [0.2, 0.25) is 0 Å². The molecule has 0 radical (unpaired) electrons. The molecular weight excluding hydrogens is 235 g/mol. The molecule has 1 unspecified atom stereocenters. The first-order chi connectivity index (χ1) is 8.60. The lowest BCUT2D eigenvalue weighted by Gasteiger charge is -2.20. The molecule has 1 atom stereocenters. The molecule has 0 fully saturated rings. The minimum Gasteiger partial charge on any atom is -0.391 e. The summed E-state index contributed by atoms with van der Waals surface area (Å²) in [4.78, 5) is 15.3. The highest BCUT2D eigenvalue weighted by Crippen LogP contribution is 2.12. The number of halogens is 1. The molecule has 1 aromatic heterocycles. The lowest BCUT2D eigenvalue weighted by Crippen LogP contribution is -2.36. The van der Waals surface area contributed by atoms with Gasteiger partial charge in [0, 0.05) is 12.7 Å². The third-order valence-corrected chi connectivity index (χ3v) is 3.08. The molecule has 1 rings (SSSR count). The Morgan fingerprint density at radius 1 is 1.50 bits per heavy atom. The molecular formula is C13H19FN2O2. The maximum atomic E-state index is 13.3. The van der Waals surface area contributed by atoms with Crippen molar-refractivity contribution in [2.75, 3.05) is 6.54 Å². The predicted octanol–water partition coefficient (Wildman–Crippen LogP) is 1.75. The van der Waals surface area contributed by atoms with Crippen molar-refractivity contribution >= 4 is 5.91 Å². The second kappa shape index (κ2) is 7.06. The summed E-state index contributed by atoms with van der Waals surface area (Å²) in [5, 5.41) is 12.4. The monoisotopic (exact) mass is 254 g/mol. The van der Waals surface area contributed by atoms with Crippen LogP contribution in [0.5, 0.6) is 0 Å². The Labute approximate surface area is 106 Å². The molecule has 1 heterocycles. The second-order valence-corrected chi connectivity index (χ2v) is 4.21. The SMILES string of the molecule is CCC(CC)C(O)CNC(=O)c1ccncc1F. The van der Waals surface area contributed by atoms with E-state index in [1.165, 1.54) is 12.3 Å². The fraction of sp³-hybridized carbons (Fsp3) is 0.538. The standard InChI is InChI=1S/C13H19FN2O2/c1-3-9(4-2)12(17)8-16-13(18)10-5-6-15-7-11(10)14/h5-7,9,12,17H,3-4,8H2,1-2H3,(H,16,18). The first-order valence-corrected chi connectivity index (χ1v) is 6.15. The summed E-state index contributed by atoms with van der Waals surface area (Å²) in [6.45, 7) is 4.11. The number of rotatable bonds is 6. The molecule has 1 amide bonds. The van der Waals surface area contributed by atoms with Gasteiger partial charge in [-0.2, -0.15) is 0 Å². The van der Waals surface area contributed by atoms with Gasteiger partial charge in [0.05, 0.1) is 17.9 Å². The molecule has 2 N–H and O–H groups in total. The van der Waals surface area contributed by atoms with Crippen molar-refractivity contribution in [2.24, 2.45) is 5.92 Å². The molecule has 0 aliphatic heterocycles. The van der Waals surface area contributed by atoms with Crippen LogP contribution in [0, 0.1) is 11.7 Å². The van der Waals surface area contributed by atoms with E-state index in [0.717, 1.165) is 19.0 Å². The van der Waals surface area contributed by atoms with E-state index in [4.69, 9.17) is 0 Å². The summed E-state index contributed by atoms with van der Waals surface area (Å²) in [7, 11) is 0. The number of pyridine rings is 1. The number of aliphatic hydroxyl groups excluding tert-OH is 1. The van der Waals surface area contributed by atoms with Crippen LogP contribution in [-0.4, -0.2) is 28.6 Å². The van der Waals surface area contributed by atoms with E-state index in [0.29, 0.717) is 0 Å². The van der Waals surface area contributed by atoms with Crippen LogP contribution in [0.15, 0.2) is 18.5 Å². The summed E-state index contributed by atoms with van der Waals surface area (Å²) >= 11 is 0. The Morgan fingerprint density at radius 2 is 2.17 bits per heavy atom. The maximum absolute atomic E-state index is 13.3. The zero-order valence-electron chi connectivity index (χ0n) is 10.7. The molecule has 0 aromatic carbocycles. The molecule has 0 saturated carbocycles. The van der Waals surface area contributed by atoms with E-state index < -0.39 is 17.8 Å². The van der Waals surface area contributed by atoms with E-state index in [1.807, 2.05) is 13.8 Å². The topological polar surface area (TPSA) is 62.2 Å². The smallest absolute Gasteiger partial charge is 0.254 e.